The molecule has 25 heavy (non-hydrogen) atoms. The van der Waals surface area contributed by atoms with E-state index in [4.69, 9.17) is 0 Å². The quantitative estimate of drug-likeness (QED) is 0.909. The minimum atomic E-state index is 0.0148. The molecule has 2 fully saturated rings. The first-order chi connectivity index (χ1) is 12.1. The summed E-state index contributed by atoms with van der Waals surface area (Å²) in [7, 11) is 0. The van der Waals surface area contributed by atoms with Gasteiger partial charge in [-0.3, -0.25) is 4.79 Å². The molecule has 1 aromatic carbocycles. The van der Waals surface area contributed by atoms with Gasteiger partial charge in [0.2, 0.25) is 5.91 Å². The van der Waals surface area contributed by atoms with Crippen molar-refractivity contribution in [2.24, 2.45) is 5.41 Å². The molecule has 5 heteroatoms. The smallest absolute Gasteiger partial charge is 0.321 e. The molecule has 0 aromatic heterocycles. The number of anilines is 2. The van der Waals surface area contributed by atoms with Gasteiger partial charge in [0.25, 0.3) is 0 Å². The summed E-state index contributed by atoms with van der Waals surface area (Å²) in [6, 6.07) is 5.96. The van der Waals surface area contributed by atoms with Gasteiger partial charge in [0.15, 0.2) is 0 Å². The standard InChI is InChI=1S/C20H27N3O2/c1-2-11-23-17-6-5-16(13-15(17)4-7-18(23)24)21-19(25)22-12-10-20(14-22)8-3-9-20/h5-6,13H,2-4,7-12,14H2,1H3,(H,21,25). The molecule has 2 aliphatic heterocycles. The number of likely N-dealkylation sites (tertiary alicyclic amines) is 1. The van der Waals surface area contributed by atoms with Crippen molar-refractivity contribution in [2.75, 3.05) is 29.9 Å². The van der Waals surface area contributed by atoms with Crippen molar-refractivity contribution in [3.63, 3.8) is 0 Å². The van der Waals surface area contributed by atoms with E-state index in [-0.39, 0.29) is 11.9 Å². The van der Waals surface area contributed by atoms with Crippen LogP contribution in [0.2, 0.25) is 0 Å². The van der Waals surface area contributed by atoms with Crippen LogP contribution in [0.4, 0.5) is 16.2 Å². The largest absolute Gasteiger partial charge is 0.324 e. The Labute approximate surface area is 149 Å². The summed E-state index contributed by atoms with van der Waals surface area (Å²) in [5, 5.41) is 3.06. The Morgan fingerprint density at radius 2 is 2.08 bits per heavy atom. The van der Waals surface area contributed by atoms with Crippen LogP contribution in [0.15, 0.2) is 18.2 Å². The number of carbonyl (C=O) groups excluding carboxylic acids is 2. The first-order valence-electron chi connectivity index (χ1n) is 9.59. The Morgan fingerprint density at radius 3 is 2.76 bits per heavy atom. The highest BCUT2D eigenvalue weighted by Crippen LogP contribution is 2.48. The van der Waals surface area contributed by atoms with Crippen LogP contribution < -0.4 is 10.2 Å². The van der Waals surface area contributed by atoms with Crippen LogP contribution in [0, 0.1) is 5.41 Å². The molecule has 1 aromatic rings. The molecule has 0 unspecified atom stereocenters. The fourth-order valence-electron chi connectivity index (χ4n) is 4.50. The van der Waals surface area contributed by atoms with Crippen molar-refractivity contribution in [1.29, 1.82) is 0 Å². The van der Waals surface area contributed by atoms with Crippen molar-refractivity contribution in [1.82, 2.24) is 4.90 Å². The molecule has 0 atom stereocenters. The molecule has 0 radical (unpaired) electrons. The van der Waals surface area contributed by atoms with Gasteiger partial charge >= 0.3 is 6.03 Å². The first kappa shape index (κ1) is 16.4. The lowest BCUT2D eigenvalue weighted by Crippen LogP contribution is -2.38. The van der Waals surface area contributed by atoms with Gasteiger partial charge in [0, 0.05) is 37.4 Å². The average molecular weight is 341 g/mol. The summed E-state index contributed by atoms with van der Waals surface area (Å²) in [6.07, 6.45) is 7.27. The maximum atomic E-state index is 12.6. The zero-order valence-corrected chi connectivity index (χ0v) is 15.0. The molecule has 1 saturated heterocycles. The number of amides is 3. The molecular formula is C20H27N3O2. The van der Waals surface area contributed by atoms with Gasteiger partial charge in [-0.25, -0.2) is 4.79 Å². The van der Waals surface area contributed by atoms with Crippen LogP contribution in [-0.4, -0.2) is 36.5 Å². The number of carbonyl (C=O) groups is 2. The van der Waals surface area contributed by atoms with E-state index < -0.39 is 0 Å². The fraction of sp³-hybridized carbons (Fsp3) is 0.600. The monoisotopic (exact) mass is 341 g/mol. The topological polar surface area (TPSA) is 52.7 Å². The van der Waals surface area contributed by atoms with Crippen molar-refractivity contribution in [3.8, 4) is 0 Å². The number of urea groups is 1. The molecule has 3 aliphatic rings. The molecule has 1 N–H and O–H groups in total. The third-order valence-electron chi connectivity index (χ3n) is 6.12. The van der Waals surface area contributed by atoms with Crippen LogP contribution in [0.3, 0.4) is 0 Å². The van der Waals surface area contributed by atoms with E-state index in [1.54, 1.807) is 0 Å². The summed E-state index contributed by atoms with van der Waals surface area (Å²) >= 11 is 0. The highest BCUT2D eigenvalue weighted by molar-refractivity contribution is 5.97. The lowest BCUT2D eigenvalue weighted by molar-refractivity contribution is -0.118. The molecule has 1 aliphatic carbocycles. The summed E-state index contributed by atoms with van der Waals surface area (Å²) < 4.78 is 0. The fourth-order valence-corrected chi connectivity index (χ4v) is 4.50. The highest BCUT2D eigenvalue weighted by atomic mass is 16.2. The van der Waals surface area contributed by atoms with Crippen LogP contribution in [0.1, 0.15) is 51.0 Å². The normalized spacial score (nSPS) is 21.2. The molecule has 5 nitrogen and oxygen atoms in total. The lowest BCUT2D eigenvalue weighted by atomic mass is 9.68. The summed E-state index contributed by atoms with van der Waals surface area (Å²) in [6.45, 7) is 4.62. The zero-order valence-electron chi connectivity index (χ0n) is 15.0. The number of hydrogen-bond acceptors (Lipinski definition) is 2. The van der Waals surface area contributed by atoms with Gasteiger partial charge in [-0.05, 0) is 61.3 Å². The van der Waals surface area contributed by atoms with E-state index >= 15 is 0 Å². The van der Waals surface area contributed by atoms with Crippen molar-refractivity contribution >= 4 is 23.3 Å². The molecule has 134 valence electrons. The van der Waals surface area contributed by atoms with Gasteiger partial charge in [-0.15, -0.1) is 0 Å². The number of benzene rings is 1. The van der Waals surface area contributed by atoms with Gasteiger partial charge in [-0.2, -0.15) is 0 Å². The van der Waals surface area contributed by atoms with E-state index in [2.05, 4.69) is 12.2 Å². The predicted octanol–water partition coefficient (Wildman–Crippen LogP) is 3.78. The number of fused-ring (bicyclic) bond motifs is 1. The van der Waals surface area contributed by atoms with E-state index in [9.17, 15) is 9.59 Å². The average Bonchev–Trinajstić information content (AvgIpc) is 3.04. The first-order valence-corrected chi connectivity index (χ1v) is 9.59. The molecule has 3 amide bonds. The highest BCUT2D eigenvalue weighted by Gasteiger charge is 2.44. The minimum absolute atomic E-state index is 0.0148. The Bertz CT molecular complexity index is 696. The summed E-state index contributed by atoms with van der Waals surface area (Å²) in [5.74, 6) is 0.203. The van der Waals surface area contributed by atoms with Crippen molar-refractivity contribution in [3.05, 3.63) is 23.8 Å². The number of nitrogens with one attached hydrogen (secondary N) is 1. The predicted molar refractivity (Wildman–Crippen MR) is 98.9 cm³/mol. The molecule has 2 heterocycles. The second kappa shape index (κ2) is 6.36. The Balaban J connectivity index is 1.45. The third kappa shape index (κ3) is 3.00. The molecule has 1 saturated carbocycles. The third-order valence-corrected chi connectivity index (χ3v) is 6.12. The molecular weight excluding hydrogens is 314 g/mol. The molecule has 0 bridgehead atoms. The maximum absolute atomic E-state index is 12.6. The number of aryl methyl sites for hydroxylation is 1. The SMILES string of the molecule is CCCN1C(=O)CCc2cc(NC(=O)N3CCC4(CCC4)C3)ccc21. The number of hydrogen-bond donors (Lipinski definition) is 1. The van der Waals surface area contributed by atoms with Crippen LogP contribution in [-0.2, 0) is 11.2 Å². The number of rotatable bonds is 3. The second-order valence-electron chi connectivity index (χ2n) is 7.84. The van der Waals surface area contributed by atoms with E-state index in [0.29, 0.717) is 11.8 Å². The van der Waals surface area contributed by atoms with Crippen LogP contribution in [0.25, 0.3) is 0 Å². The lowest BCUT2D eigenvalue weighted by Gasteiger charge is -2.37. The van der Waals surface area contributed by atoms with E-state index in [1.807, 2.05) is 28.0 Å². The Morgan fingerprint density at radius 1 is 1.24 bits per heavy atom. The summed E-state index contributed by atoms with van der Waals surface area (Å²) in [4.78, 5) is 28.6. The number of nitrogens with zero attached hydrogens (tertiary/aromatic N) is 2. The second-order valence-corrected chi connectivity index (χ2v) is 7.84. The molecule has 1 spiro atoms. The Kier molecular flexibility index (Phi) is 4.18. The molecule has 4 rings (SSSR count). The van der Waals surface area contributed by atoms with Crippen molar-refractivity contribution in [2.45, 2.75) is 51.9 Å². The minimum Gasteiger partial charge on any atom is -0.324 e. The summed E-state index contributed by atoms with van der Waals surface area (Å²) in [5.41, 5.74) is 3.42. The van der Waals surface area contributed by atoms with Crippen molar-refractivity contribution < 1.29 is 9.59 Å². The van der Waals surface area contributed by atoms with Crippen LogP contribution in [0.5, 0.6) is 0 Å². The zero-order chi connectivity index (χ0) is 17.4. The van der Waals surface area contributed by atoms with Gasteiger partial charge in [0.05, 0.1) is 0 Å². The van der Waals surface area contributed by atoms with Gasteiger partial charge < -0.3 is 15.1 Å². The van der Waals surface area contributed by atoms with Gasteiger partial charge in [-0.1, -0.05) is 13.3 Å². The van der Waals surface area contributed by atoms with Gasteiger partial charge in [0.1, 0.15) is 0 Å². The van der Waals surface area contributed by atoms with Crippen LogP contribution >= 0.6 is 0 Å². The Hall–Kier alpha value is -2.04. The van der Waals surface area contributed by atoms with E-state index in [1.165, 1.54) is 19.3 Å². The van der Waals surface area contributed by atoms with E-state index in [0.717, 1.165) is 55.8 Å². The maximum Gasteiger partial charge on any atom is 0.321 e.